The monoisotopic (exact) mass is 246 g/mol. The average Bonchev–Trinajstić information content (AvgIpc) is 2.72. The molecule has 2 rings (SSSR count). The Labute approximate surface area is 109 Å². The van der Waals surface area contributed by atoms with Crippen molar-refractivity contribution in [3.8, 4) is 0 Å². The number of likely N-dealkylation sites (N-methyl/N-ethyl adjacent to an activating group) is 1. The molecule has 3 heteroatoms. The number of hydrogen-bond donors (Lipinski definition) is 1. The van der Waals surface area contributed by atoms with Gasteiger partial charge in [0.15, 0.2) is 0 Å². The van der Waals surface area contributed by atoms with E-state index >= 15 is 0 Å². The smallest absolute Gasteiger partial charge is 0.134 e. The number of nitrogens with one attached hydrogen (secondary N) is 1. The highest BCUT2D eigenvalue weighted by atomic mass is 16.3. The standard InChI is InChI=1S/C15H22N2O/c1-4-14-13(11-16-9-10-17(2)3)12-7-5-6-8-15(12)18-14/h5-8,16H,4,9-11H2,1-3H3. The highest BCUT2D eigenvalue weighted by molar-refractivity contribution is 5.82. The second kappa shape index (κ2) is 6.03. The fourth-order valence-corrected chi connectivity index (χ4v) is 2.14. The van der Waals surface area contributed by atoms with Gasteiger partial charge in [-0.05, 0) is 20.2 Å². The predicted molar refractivity (Wildman–Crippen MR) is 75.9 cm³/mol. The molecule has 1 aromatic heterocycles. The van der Waals surface area contributed by atoms with E-state index in [1.54, 1.807) is 0 Å². The molecule has 3 nitrogen and oxygen atoms in total. The lowest BCUT2D eigenvalue weighted by Crippen LogP contribution is -2.26. The second-order valence-corrected chi connectivity index (χ2v) is 4.83. The van der Waals surface area contributed by atoms with E-state index in [0.29, 0.717) is 0 Å². The first kappa shape index (κ1) is 13.1. The van der Waals surface area contributed by atoms with Crippen LogP contribution >= 0.6 is 0 Å². The van der Waals surface area contributed by atoms with E-state index in [4.69, 9.17) is 4.42 Å². The first-order valence-electron chi connectivity index (χ1n) is 6.57. The maximum atomic E-state index is 5.88. The molecular formula is C15H22N2O. The molecule has 0 aliphatic rings. The topological polar surface area (TPSA) is 28.4 Å². The lowest BCUT2D eigenvalue weighted by atomic mass is 10.1. The van der Waals surface area contributed by atoms with Gasteiger partial charge in [-0.15, -0.1) is 0 Å². The third kappa shape index (κ3) is 2.92. The Bertz CT molecular complexity index is 502. The Kier molecular flexibility index (Phi) is 4.39. The summed E-state index contributed by atoms with van der Waals surface area (Å²) in [4.78, 5) is 2.18. The summed E-state index contributed by atoms with van der Waals surface area (Å²) in [6, 6.07) is 8.27. The molecule has 2 aromatic rings. The molecule has 0 amide bonds. The maximum absolute atomic E-state index is 5.88. The number of rotatable bonds is 6. The van der Waals surface area contributed by atoms with E-state index in [2.05, 4.69) is 43.4 Å². The Morgan fingerprint density at radius 1 is 1.22 bits per heavy atom. The zero-order valence-electron chi connectivity index (χ0n) is 11.5. The summed E-state index contributed by atoms with van der Waals surface area (Å²) in [6.07, 6.45) is 0.944. The van der Waals surface area contributed by atoms with Crippen molar-refractivity contribution in [3.63, 3.8) is 0 Å². The zero-order valence-corrected chi connectivity index (χ0v) is 11.5. The normalized spacial score (nSPS) is 11.6. The van der Waals surface area contributed by atoms with Crippen molar-refractivity contribution >= 4 is 11.0 Å². The second-order valence-electron chi connectivity index (χ2n) is 4.83. The van der Waals surface area contributed by atoms with E-state index < -0.39 is 0 Å². The minimum absolute atomic E-state index is 0.883. The highest BCUT2D eigenvalue weighted by Crippen LogP contribution is 2.25. The molecule has 1 heterocycles. The first-order chi connectivity index (χ1) is 8.72. The maximum Gasteiger partial charge on any atom is 0.134 e. The van der Waals surface area contributed by atoms with Crippen molar-refractivity contribution in [1.82, 2.24) is 10.2 Å². The van der Waals surface area contributed by atoms with Crippen molar-refractivity contribution in [3.05, 3.63) is 35.6 Å². The van der Waals surface area contributed by atoms with Gasteiger partial charge in [-0.25, -0.2) is 0 Å². The fourth-order valence-electron chi connectivity index (χ4n) is 2.14. The van der Waals surface area contributed by atoms with Crippen LogP contribution in [0.15, 0.2) is 28.7 Å². The van der Waals surface area contributed by atoms with Gasteiger partial charge in [-0.1, -0.05) is 25.1 Å². The van der Waals surface area contributed by atoms with E-state index in [9.17, 15) is 0 Å². The molecule has 0 radical (unpaired) electrons. The third-order valence-electron chi connectivity index (χ3n) is 3.14. The van der Waals surface area contributed by atoms with Crippen molar-refractivity contribution in [2.24, 2.45) is 0 Å². The average molecular weight is 246 g/mol. The van der Waals surface area contributed by atoms with Gasteiger partial charge >= 0.3 is 0 Å². The Balaban J connectivity index is 2.10. The lowest BCUT2D eigenvalue weighted by Gasteiger charge is -2.10. The number of aryl methyl sites for hydroxylation is 1. The van der Waals surface area contributed by atoms with Crippen LogP contribution in [0.4, 0.5) is 0 Å². The summed E-state index contributed by atoms with van der Waals surface area (Å²) in [7, 11) is 4.18. The van der Waals surface area contributed by atoms with E-state index in [-0.39, 0.29) is 0 Å². The van der Waals surface area contributed by atoms with Crippen LogP contribution in [0.25, 0.3) is 11.0 Å². The summed E-state index contributed by atoms with van der Waals surface area (Å²) in [5.41, 5.74) is 2.31. The minimum atomic E-state index is 0.883. The van der Waals surface area contributed by atoms with Crippen LogP contribution in [0, 0.1) is 0 Å². The first-order valence-corrected chi connectivity index (χ1v) is 6.57. The molecule has 1 aromatic carbocycles. The number of para-hydroxylation sites is 1. The van der Waals surface area contributed by atoms with Gasteiger partial charge in [-0.2, -0.15) is 0 Å². The Morgan fingerprint density at radius 3 is 2.72 bits per heavy atom. The number of fused-ring (bicyclic) bond motifs is 1. The predicted octanol–water partition coefficient (Wildman–Crippen LogP) is 2.65. The van der Waals surface area contributed by atoms with Crippen LogP contribution in [0.1, 0.15) is 18.2 Å². The number of hydrogen-bond acceptors (Lipinski definition) is 3. The van der Waals surface area contributed by atoms with Crippen molar-refractivity contribution in [2.75, 3.05) is 27.2 Å². The number of furan rings is 1. The third-order valence-corrected chi connectivity index (χ3v) is 3.14. The quantitative estimate of drug-likeness (QED) is 0.794. The van der Waals surface area contributed by atoms with Crippen LogP contribution < -0.4 is 5.32 Å². The van der Waals surface area contributed by atoms with Crippen LogP contribution in [-0.2, 0) is 13.0 Å². The van der Waals surface area contributed by atoms with Crippen LogP contribution in [0.3, 0.4) is 0 Å². The van der Waals surface area contributed by atoms with E-state index in [0.717, 1.165) is 37.4 Å². The SMILES string of the molecule is CCc1oc2ccccc2c1CNCCN(C)C. The largest absolute Gasteiger partial charge is 0.461 e. The van der Waals surface area contributed by atoms with Crippen LogP contribution in [0.2, 0.25) is 0 Å². The van der Waals surface area contributed by atoms with E-state index in [1.165, 1.54) is 10.9 Å². The molecule has 0 unspecified atom stereocenters. The lowest BCUT2D eigenvalue weighted by molar-refractivity contribution is 0.399. The molecule has 0 bridgehead atoms. The van der Waals surface area contributed by atoms with Crippen LogP contribution in [-0.4, -0.2) is 32.1 Å². The summed E-state index contributed by atoms with van der Waals surface area (Å²) >= 11 is 0. The number of nitrogens with zero attached hydrogens (tertiary/aromatic N) is 1. The van der Waals surface area contributed by atoms with Crippen molar-refractivity contribution < 1.29 is 4.42 Å². The number of benzene rings is 1. The molecule has 0 fully saturated rings. The van der Waals surface area contributed by atoms with Gasteiger partial charge in [0.1, 0.15) is 11.3 Å². The van der Waals surface area contributed by atoms with Gasteiger partial charge in [0, 0.05) is 37.0 Å². The minimum Gasteiger partial charge on any atom is -0.461 e. The van der Waals surface area contributed by atoms with Crippen molar-refractivity contribution in [1.29, 1.82) is 0 Å². The van der Waals surface area contributed by atoms with E-state index in [1.807, 2.05) is 12.1 Å². The molecule has 0 spiro atoms. The summed E-state index contributed by atoms with van der Waals surface area (Å²) < 4.78 is 5.88. The Morgan fingerprint density at radius 2 is 2.00 bits per heavy atom. The molecule has 0 aliphatic carbocycles. The van der Waals surface area contributed by atoms with Crippen molar-refractivity contribution in [2.45, 2.75) is 19.9 Å². The molecular weight excluding hydrogens is 224 g/mol. The fraction of sp³-hybridized carbons (Fsp3) is 0.467. The zero-order chi connectivity index (χ0) is 13.0. The molecule has 0 atom stereocenters. The molecule has 0 saturated carbocycles. The molecule has 0 aliphatic heterocycles. The highest BCUT2D eigenvalue weighted by Gasteiger charge is 2.11. The molecule has 1 N–H and O–H groups in total. The van der Waals surface area contributed by atoms with Gasteiger partial charge in [0.2, 0.25) is 0 Å². The van der Waals surface area contributed by atoms with Gasteiger partial charge < -0.3 is 14.6 Å². The summed E-state index contributed by atoms with van der Waals surface area (Å²) in [6.45, 7) is 5.07. The van der Waals surface area contributed by atoms with Gasteiger partial charge in [0.05, 0.1) is 0 Å². The summed E-state index contributed by atoms with van der Waals surface area (Å²) in [5.74, 6) is 1.11. The molecule has 0 saturated heterocycles. The van der Waals surface area contributed by atoms with Gasteiger partial charge in [0.25, 0.3) is 0 Å². The Hall–Kier alpha value is -1.32. The molecule has 18 heavy (non-hydrogen) atoms. The molecule has 98 valence electrons. The van der Waals surface area contributed by atoms with Crippen LogP contribution in [0.5, 0.6) is 0 Å². The summed E-state index contributed by atoms with van der Waals surface area (Å²) in [5, 5.41) is 4.73. The van der Waals surface area contributed by atoms with Gasteiger partial charge in [-0.3, -0.25) is 0 Å².